The van der Waals surface area contributed by atoms with Crippen molar-refractivity contribution >= 4 is 0 Å². The van der Waals surface area contributed by atoms with E-state index in [0.29, 0.717) is 0 Å². The Balaban J connectivity index is 1.92. The zero-order valence-corrected chi connectivity index (χ0v) is 4.98. The number of fused-ring (bicyclic) bond motifs is 1. The molecule has 0 aromatic heterocycles. The van der Waals surface area contributed by atoms with Crippen LogP contribution >= 0.6 is 0 Å². The van der Waals surface area contributed by atoms with Gasteiger partial charge in [0, 0.05) is 18.6 Å². The lowest BCUT2D eigenvalue weighted by Gasteiger charge is -2.42. The SMILES string of the molecule is C1CN[C@H]2CN[C@H]2C1. The smallest absolute Gasteiger partial charge is 0.0346 e. The average Bonchev–Trinajstić information content (AvgIpc) is 1.72. The molecule has 2 nitrogen and oxygen atoms in total. The topological polar surface area (TPSA) is 24.1 Å². The highest BCUT2D eigenvalue weighted by Crippen LogP contribution is 2.14. The summed E-state index contributed by atoms with van der Waals surface area (Å²) in [4.78, 5) is 0. The fourth-order valence-electron chi connectivity index (χ4n) is 1.53. The molecule has 0 spiro atoms. The first-order chi connectivity index (χ1) is 3.97. The molecule has 0 radical (unpaired) electrons. The van der Waals surface area contributed by atoms with Crippen molar-refractivity contribution < 1.29 is 0 Å². The summed E-state index contributed by atoms with van der Waals surface area (Å²) in [5, 5.41) is 6.84. The van der Waals surface area contributed by atoms with E-state index < -0.39 is 0 Å². The molecular formula is C6H12N2. The molecule has 2 N–H and O–H groups in total. The highest BCUT2D eigenvalue weighted by atomic mass is 15.1. The summed E-state index contributed by atoms with van der Waals surface area (Å²) < 4.78 is 0. The van der Waals surface area contributed by atoms with Crippen LogP contribution in [-0.2, 0) is 0 Å². The van der Waals surface area contributed by atoms with E-state index in [-0.39, 0.29) is 0 Å². The predicted octanol–water partition coefficient (Wildman–Crippen LogP) is -0.290. The van der Waals surface area contributed by atoms with Crippen molar-refractivity contribution in [3.05, 3.63) is 0 Å². The normalized spacial score (nSPS) is 45.0. The first-order valence-electron chi connectivity index (χ1n) is 3.43. The molecule has 2 saturated heterocycles. The van der Waals surface area contributed by atoms with Gasteiger partial charge in [0.1, 0.15) is 0 Å². The second-order valence-electron chi connectivity index (χ2n) is 2.72. The summed E-state index contributed by atoms with van der Waals surface area (Å²) in [6, 6.07) is 1.65. The van der Waals surface area contributed by atoms with Gasteiger partial charge in [0.2, 0.25) is 0 Å². The van der Waals surface area contributed by atoms with Gasteiger partial charge in [-0.15, -0.1) is 0 Å². The third kappa shape index (κ3) is 0.565. The minimum atomic E-state index is 0.823. The lowest BCUT2D eigenvalue weighted by Crippen LogP contribution is -2.66. The molecular weight excluding hydrogens is 100 g/mol. The van der Waals surface area contributed by atoms with Crippen LogP contribution in [0.15, 0.2) is 0 Å². The molecule has 2 heterocycles. The molecule has 0 bridgehead atoms. The second kappa shape index (κ2) is 1.71. The summed E-state index contributed by atoms with van der Waals surface area (Å²) in [6.45, 7) is 2.44. The first kappa shape index (κ1) is 4.77. The van der Waals surface area contributed by atoms with Crippen molar-refractivity contribution in [2.24, 2.45) is 0 Å². The summed E-state index contributed by atoms with van der Waals surface area (Å²) in [5.74, 6) is 0. The molecule has 0 saturated carbocycles. The van der Waals surface area contributed by atoms with E-state index in [1.165, 1.54) is 25.9 Å². The van der Waals surface area contributed by atoms with Crippen molar-refractivity contribution in [3.8, 4) is 0 Å². The maximum Gasteiger partial charge on any atom is 0.0346 e. The Morgan fingerprint density at radius 3 is 2.50 bits per heavy atom. The molecule has 0 aromatic rings. The minimum Gasteiger partial charge on any atom is -0.311 e. The van der Waals surface area contributed by atoms with Crippen molar-refractivity contribution in [1.82, 2.24) is 10.6 Å². The van der Waals surface area contributed by atoms with Crippen LogP contribution < -0.4 is 10.6 Å². The zero-order chi connectivity index (χ0) is 5.40. The maximum atomic E-state index is 3.46. The molecule has 8 heavy (non-hydrogen) atoms. The largest absolute Gasteiger partial charge is 0.311 e. The van der Waals surface area contributed by atoms with Crippen LogP contribution in [-0.4, -0.2) is 25.2 Å². The van der Waals surface area contributed by atoms with E-state index in [9.17, 15) is 0 Å². The van der Waals surface area contributed by atoms with Gasteiger partial charge in [-0.3, -0.25) is 0 Å². The fraction of sp³-hybridized carbons (Fsp3) is 1.00. The summed E-state index contributed by atoms with van der Waals surface area (Å²) >= 11 is 0. The molecule has 0 unspecified atom stereocenters. The van der Waals surface area contributed by atoms with Crippen LogP contribution in [0.4, 0.5) is 0 Å². The van der Waals surface area contributed by atoms with Crippen molar-refractivity contribution in [2.45, 2.75) is 24.9 Å². The van der Waals surface area contributed by atoms with Gasteiger partial charge in [-0.05, 0) is 19.4 Å². The molecule has 2 aliphatic rings. The lowest BCUT2D eigenvalue weighted by atomic mass is 9.92. The number of hydrogen-bond donors (Lipinski definition) is 2. The standard InChI is InChI=1S/C6H12N2/c1-2-5-6(4-8-5)7-3-1/h5-8H,1-4H2/t5-,6-/m0/s1. The molecule has 0 aromatic carbocycles. The zero-order valence-electron chi connectivity index (χ0n) is 4.98. The summed E-state index contributed by atoms with van der Waals surface area (Å²) in [7, 11) is 0. The van der Waals surface area contributed by atoms with Crippen LogP contribution in [0.5, 0.6) is 0 Å². The highest BCUT2D eigenvalue weighted by molar-refractivity contribution is 4.96. The second-order valence-corrected chi connectivity index (χ2v) is 2.72. The van der Waals surface area contributed by atoms with Crippen LogP contribution in [0.2, 0.25) is 0 Å². The Morgan fingerprint density at radius 2 is 2.12 bits per heavy atom. The highest BCUT2D eigenvalue weighted by Gasteiger charge is 2.31. The molecule has 2 aliphatic heterocycles. The number of rotatable bonds is 0. The molecule has 2 fully saturated rings. The van der Waals surface area contributed by atoms with Crippen LogP contribution in [0, 0.1) is 0 Å². The third-order valence-electron chi connectivity index (χ3n) is 2.18. The fourth-order valence-corrected chi connectivity index (χ4v) is 1.53. The van der Waals surface area contributed by atoms with E-state index in [1.807, 2.05) is 0 Å². The monoisotopic (exact) mass is 112 g/mol. The van der Waals surface area contributed by atoms with E-state index in [1.54, 1.807) is 0 Å². The van der Waals surface area contributed by atoms with Gasteiger partial charge in [-0.25, -0.2) is 0 Å². The number of hydrogen-bond acceptors (Lipinski definition) is 2. The Labute approximate surface area is 49.7 Å². The molecule has 2 atom stereocenters. The maximum absolute atomic E-state index is 3.46. The van der Waals surface area contributed by atoms with Gasteiger partial charge < -0.3 is 10.6 Å². The van der Waals surface area contributed by atoms with Gasteiger partial charge in [-0.1, -0.05) is 0 Å². The molecule has 0 amide bonds. The number of piperidine rings is 1. The molecule has 2 rings (SSSR count). The van der Waals surface area contributed by atoms with E-state index >= 15 is 0 Å². The van der Waals surface area contributed by atoms with Gasteiger partial charge in [0.15, 0.2) is 0 Å². The Hall–Kier alpha value is -0.0800. The lowest BCUT2D eigenvalue weighted by molar-refractivity contribution is 0.210. The first-order valence-corrected chi connectivity index (χ1v) is 3.43. The molecule has 46 valence electrons. The Bertz CT molecular complexity index is 80.5. The van der Waals surface area contributed by atoms with Gasteiger partial charge in [0.25, 0.3) is 0 Å². The van der Waals surface area contributed by atoms with E-state index in [0.717, 1.165) is 12.1 Å². The summed E-state index contributed by atoms with van der Waals surface area (Å²) in [6.07, 6.45) is 2.74. The Morgan fingerprint density at radius 1 is 1.12 bits per heavy atom. The van der Waals surface area contributed by atoms with Crippen LogP contribution in [0.1, 0.15) is 12.8 Å². The minimum absolute atomic E-state index is 0.823. The summed E-state index contributed by atoms with van der Waals surface area (Å²) in [5.41, 5.74) is 0. The number of nitrogens with one attached hydrogen (secondary N) is 2. The molecule has 2 heteroatoms. The van der Waals surface area contributed by atoms with Gasteiger partial charge in [0.05, 0.1) is 0 Å². The van der Waals surface area contributed by atoms with E-state index in [4.69, 9.17) is 0 Å². The average molecular weight is 112 g/mol. The van der Waals surface area contributed by atoms with Gasteiger partial charge >= 0.3 is 0 Å². The van der Waals surface area contributed by atoms with Crippen molar-refractivity contribution in [1.29, 1.82) is 0 Å². The Kier molecular flexibility index (Phi) is 1.02. The van der Waals surface area contributed by atoms with Crippen molar-refractivity contribution in [2.75, 3.05) is 13.1 Å². The quantitative estimate of drug-likeness (QED) is 0.450. The predicted molar refractivity (Wildman–Crippen MR) is 32.8 cm³/mol. The molecule has 0 aliphatic carbocycles. The van der Waals surface area contributed by atoms with Crippen LogP contribution in [0.3, 0.4) is 0 Å². The van der Waals surface area contributed by atoms with Gasteiger partial charge in [-0.2, -0.15) is 0 Å². The third-order valence-corrected chi connectivity index (χ3v) is 2.18. The van der Waals surface area contributed by atoms with E-state index in [2.05, 4.69) is 10.6 Å². The van der Waals surface area contributed by atoms with Crippen molar-refractivity contribution in [3.63, 3.8) is 0 Å². The van der Waals surface area contributed by atoms with Crippen LogP contribution in [0.25, 0.3) is 0 Å².